The van der Waals surface area contributed by atoms with Gasteiger partial charge in [-0.2, -0.15) is 0 Å². The van der Waals surface area contributed by atoms with E-state index in [1.807, 2.05) is 20.8 Å². The van der Waals surface area contributed by atoms with Crippen LogP contribution in [0.5, 0.6) is 5.75 Å². The fraction of sp³-hybridized carbons (Fsp3) is 0.500. The van der Waals surface area contributed by atoms with Gasteiger partial charge in [0.1, 0.15) is 17.5 Å². The number of benzene rings is 1. The van der Waals surface area contributed by atoms with Gasteiger partial charge in [0, 0.05) is 18.2 Å². The van der Waals surface area contributed by atoms with Crippen LogP contribution in [0.2, 0.25) is 0 Å². The molecule has 0 bridgehead atoms. The summed E-state index contributed by atoms with van der Waals surface area (Å²) in [6.07, 6.45) is 0.563. The molecule has 1 saturated carbocycles. The third-order valence-electron chi connectivity index (χ3n) is 2.57. The van der Waals surface area contributed by atoms with Gasteiger partial charge in [-0.05, 0) is 45.0 Å². The highest BCUT2D eigenvalue weighted by Crippen LogP contribution is 2.26. The second-order valence-electron chi connectivity index (χ2n) is 5.71. The molecule has 3 N–H and O–H groups in total. The summed E-state index contributed by atoms with van der Waals surface area (Å²) < 4.78 is 10.8. The summed E-state index contributed by atoms with van der Waals surface area (Å²) in [5.74, 6) is 0.757. The van der Waals surface area contributed by atoms with Crippen molar-refractivity contribution in [2.75, 3.05) is 5.32 Å². The van der Waals surface area contributed by atoms with E-state index < -0.39 is 11.7 Å². The molecule has 5 heteroatoms. The number of nitrogens with one attached hydrogen (secondary N) is 1. The second kappa shape index (κ2) is 5.09. The smallest absolute Gasteiger partial charge is 0.412 e. The van der Waals surface area contributed by atoms with Gasteiger partial charge >= 0.3 is 6.09 Å². The molecule has 1 amide bonds. The van der Waals surface area contributed by atoms with Gasteiger partial charge in [0.15, 0.2) is 0 Å². The summed E-state index contributed by atoms with van der Waals surface area (Å²) in [5, 5.41) is 2.66. The van der Waals surface area contributed by atoms with E-state index in [9.17, 15) is 4.79 Å². The van der Waals surface area contributed by atoms with Crippen molar-refractivity contribution in [2.24, 2.45) is 5.73 Å². The van der Waals surface area contributed by atoms with Crippen LogP contribution >= 0.6 is 0 Å². The molecule has 104 valence electrons. The lowest BCUT2D eigenvalue weighted by Gasteiger charge is -2.19. The Bertz CT molecular complexity index is 451. The second-order valence-corrected chi connectivity index (χ2v) is 5.71. The highest BCUT2D eigenvalue weighted by Gasteiger charge is 2.35. The fourth-order valence-electron chi connectivity index (χ4n) is 1.54. The Hall–Kier alpha value is -1.75. The van der Waals surface area contributed by atoms with E-state index in [4.69, 9.17) is 15.2 Å². The van der Waals surface area contributed by atoms with E-state index in [1.54, 1.807) is 24.3 Å². The first-order valence-corrected chi connectivity index (χ1v) is 6.36. The summed E-state index contributed by atoms with van der Waals surface area (Å²) in [5.41, 5.74) is 5.83. The molecule has 1 aliphatic rings. The van der Waals surface area contributed by atoms with Gasteiger partial charge in [-0.1, -0.05) is 0 Å². The molecule has 1 aromatic carbocycles. The van der Waals surface area contributed by atoms with Crippen LogP contribution in [0.25, 0.3) is 0 Å². The quantitative estimate of drug-likeness (QED) is 0.879. The maximum absolute atomic E-state index is 11.6. The minimum Gasteiger partial charge on any atom is -0.489 e. The van der Waals surface area contributed by atoms with Crippen LogP contribution < -0.4 is 15.8 Å². The van der Waals surface area contributed by atoms with Crippen LogP contribution in [0.15, 0.2) is 24.3 Å². The predicted molar refractivity (Wildman–Crippen MR) is 73.3 cm³/mol. The molecule has 0 heterocycles. The van der Waals surface area contributed by atoms with Gasteiger partial charge in [0.05, 0.1) is 0 Å². The zero-order valence-corrected chi connectivity index (χ0v) is 11.5. The number of anilines is 1. The van der Waals surface area contributed by atoms with Gasteiger partial charge in [-0.15, -0.1) is 0 Å². The Kier molecular flexibility index (Phi) is 3.66. The number of hydrogen-bond donors (Lipinski definition) is 2. The van der Waals surface area contributed by atoms with Crippen LogP contribution in [0.3, 0.4) is 0 Å². The van der Waals surface area contributed by atoms with Gasteiger partial charge in [-0.3, -0.25) is 5.32 Å². The monoisotopic (exact) mass is 264 g/mol. The molecular weight excluding hydrogens is 244 g/mol. The van der Waals surface area contributed by atoms with E-state index in [1.165, 1.54) is 0 Å². The molecule has 1 fully saturated rings. The molecule has 0 unspecified atom stereocenters. The largest absolute Gasteiger partial charge is 0.489 e. The van der Waals surface area contributed by atoms with E-state index in [-0.39, 0.29) is 12.1 Å². The first kappa shape index (κ1) is 13.7. The number of carbonyl (C=O) groups is 1. The maximum atomic E-state index is 11.6. The summed E-state index contributed by atoms with van der Waals surface area (Å²) >= 11 is 0. The Morgan fingerprint density at radius 1 is 1.32 bits per heavy atom. The minimum absolute atomic E-state index is 0.129. The highest BCUT2D eigenvalue weighted by atomic mass is 16.6. The molecule has 2 rings (SSSR count). The average Bonchev–Trinajstić information content (AvgIpc) is 2.94. The summed E-state index contributed by atoms with van der Waals surface area (Å²) in [4.78, 5) is 11.6. The van der Waals surface area contributed by atoms with Crippen molar-refractivity contribution in [2.45, 2.75) is 44.9 Å². The molecule has 0 radical (unpaired) electrons. The molecule has 1 aromatic rings. The Labute approximate surface area is 113 Å². The molecular formula is C14H20N2O3. The molecule has 0 aliphatic heterocycles. The van der Waals surface area contributed by atoms with E-state index in [0.29, 0.717) is 5.69 Å². The Morgan fingerprint density at radius 2 is 1.89 bits per heavy atom. The van der Waals surface area contributed by atoms with E-state index in [2.05, 4.69) is 5.32 Å². The fourth-order valence-corrected chi connectivity index (χ4v) is 1.54. The molecule has 2 atom stereocenters. The summed E-state index contributed by atoms with van der Waals surface area (Å²) in [7, 11) is 0. The first-order chi connectivity index (χ1) is 8.83. The van der Waals surface area contributed by atoms with E-state index >= 15 is 0 Å². The highest BCUT2D eigenvalue weighted by molar-refractivity contribution is 5.84. The predicted octanol–water partition coefficient (Wildman–Crippen LogP) is 2.51. The lowest BCUT2D eigenvalue weighted by molar-refractivity contribution is 0.0636. The van der Waals surface area contributed by atoms with Gasteiger partial charge in [-0.25, -0.2) is 4.79 Å². The van der Waals surface area contributed by atoms with Crippen molar-refractivity contribution in [3.05, 3.63) is 24.3 Å². The number of hydrogen-bond acceptors (Lipinski definition) is 4. The number of rotatable bonds is 3. The summed E-state index contributed by atoms with van der Waals surface area (Å²) in [6.45, 7) is 5.47. The topological polar surface area (TPSA) is 73.6 Å². The number of carbonyl (C=O) groups excluding carboxylic acids is 1. The standard InChI is InChI=1S/C14H20N2O3/c1-14(2,3)19-13(17)16-9-4-6-10(7-5-9)18-12-8-11(12)15/h4-7,11-12H,8,15H2,1-3H3,(H,16,17)/t11-,12-/m1/s1. The number of amides is 1. The lowest BCUT2D eigenvalue weighted by atomic mass is 10.2. The van der Waals surface area contributed by atoms with Gasteiger partial charge < -0.3 is 15.2 Å². The van der Waals surface area contributed by atoms with E-state index in [0.717, 1.165) is 12.2 Å². The van der Waals surface area contributed by atoms with Crippen molar-refractivity contribution < 1.29 is 14.3 Å². The van der Waals surface area contributed by atoms with Gasteiger partial charge in [0.25, 0.3) is 0 Å². The van der Waals surface area contributed by atoms with Crippen molar-refractivity contribution in [1.29, 1.82) is 0 Å². The molecule has 19 heavy (non-hydrogen) atoms. The Balaban J connectivity index is 1.86. The zero-order valence-electron chi connectivity index (χ0n) is 11.5. The Morgan fingerprint density at radius 3 is 2.37 bits per heavy atom. The number of ether oxygens (including phenoxy) is 2. The molecule has 0 saturated heterocycles. The van der Waals surface area contributed by atoms with Crippen LogP contribution in [0.4, 0.5) is 10.5 Å². The third kappa shape index (κ3) is 4.44. The van der Waals surface area contributed by atoms with Crippen molar-refractivity contribution in [3.63, 3.8) is 0 Å². The lowest BCUT2D eigenvalue weighted by Crippen LogP contribution is -2.27. The van der Waals surface area contributed by atoms with Gasteiger partial charge in [0.2, 0.25) is 0 Å². The van der Waals surface area contributed by atoms with Crippen LogP contribution in [0, 0.1) is 0 Å². The number of nitrogens with two attached hydrogens (primary N) is 1. The van der Waals surface area contributed by atoms with Crippen LogP contribution in [0.1, 0.15) is 27.2 Å². The SMILES string of the molecule is CC(C)(C)OC(=O)Nc1ccc(O[C@@H]2C[C@H]2N)cc1. The normalized spacial score (nSPS) is 21.7. The third-order valence-corrected chi connectivity index (χ3v) is 2.57. The van der Waals surface area contributed by atoms with Crippen molar-refractivity contribution in [3.8, 4) is 5.75 Å². The average molecular weight is 264 g/mol. The minimum atomic E-state index is -0.505. The van der Waals surface area contributed by atoms with Crippen molar-refractivity contribution >= 4 is 11.8 Å². The van der Waals surface area contributed by atoms with Crippen LogP contribution in [-0.4, -0.2) is 23.8 Å². The zero-order chi connectivity index (χ0) is 14.0. The molecule has 1 aliphatic carbocycles. The molecule has 0 spiro atoms. The molecule has 0 aromatic heterocycles. The maximum Gasteiger partial charge on any atom is 0.412 e. The molecule has 5 nitrogen and oxygen atoms in total. The van der Waals surface area contributed by atoms with Crippen LogP contribution in [-0.2, 0) is 4.74 Å². The van der Waals surface area contributed by atoms with Crippen molar-refractivity contribution in [1.82, 2.24) is 0 Å². The summed E-state index contributed by atoms with van der Waals surface area (Å²) in [6, 6.07) is 7.30. The first-order valence-electron chi connectivity index (χ1n) is 6.36.